The van der Waals surface area contributed by atoms with Gasteiger partial charge in [0.05, 0.1) is 21.7 Å². The third-order valence-electron chi connectivity index (χ3n) is 2.53. The topological polar surface area (TPSA) is 60.7 Å². The molecule has 0 unspecified atom stereocenters. The van der Waals surface area contributed by atoms with E-state index in [1.807, 2.05) is 13.0 Å². The maximum Gasteiger partial charge on any atom is 0.151 e. The minimum absolute atomic E-state index is 0.416. The van der Waals surface area contributed by atoms with Gasteiger partial charge in [-0.2, -0.15) is 5.26 Å². The molecule has 0 fully saturated rings. The monoisotopic (exact) mass is 306 g/mol. The molecule has 2 rings (SSSR count). The lowest BCUT2D eigenvalue weighted by atomic mass is 10.2. The van der Waals surface area contributed by atoms with E-state index >= 15 is 0 Å². The summed E-state index contributed by atoms with van der Waals surface area (Å²) in [6.45, 7) is 2.66. The Balaban J connectivity index is 2.33. The summed E-state index contributed by atoms with van der Waals surface area (Å²) in [6, 6.07) is 10.8. The van der Waals surface area contributed by atoms with Gasteiger partial charge in [0.1, 0.15) is 5.82 Å². The molecule has 6 heteroatoms. The van der Waals surface area contributed by atoms with Crippen LogP contribution in [-0.4, -0.2) is 11.5 Å². The Morgan fingerprint density at radius 3 is 2.65 bits per heavy atom. The summed E-state index contributed by atoms with van der Waals surface area (Å²) in [5.41, 5.74) is 1.30. The molecule has 1 aromatic heterocycles. The van der Waals surface area contributed by atoms with Crippen molar-refractivity contribution < 1.29 is 0 Å². The van der Waals surface area contributed by atoms with E-state index in [9.17, 15) is 0 Å². The van der Waals surface area contributed by atoms with Crippen molar-refractivity contribution in [1.29, 1.82) is 5.26 Å². The number of halogens is 2. The number of nitrogens with zero attached hydrogens (tertiary/aromatic N) is 2. The molecule has 102 valence electrons. The first-order chi connectivity index (χ1) is 9.63. The highest BCUT2D eigenvalue weighted by atomic mass is 35.5. The second-order valence-corrected chi connectivity index (χ2v) is 4.81. The minimum atomic E-state index is 0.416. The van der Waals surface area contributed by atoms with Crippen LogP contribution in [-0.2, 0) is 0 Å². The number of rotatable bonds is 4. The average Bonchev–Trinajstić information content (AvgIpc) is 2.44. The van der Waals surface area contributed by atoms with Gasteiger partial charge in [-0.15, -0.1) is 0 Å². The number of nitrogens with one attached hydrogen (secondary N) is 2. The standard InChI is InChI=1S/C14H12Cl2N4/c1-2-18-13-11(15)7-12(16)14(20-13)19-10-5-3-4-9(6-10)8-17/h3-7H,2H2,1H3,(H2,18,19,20). The first-order valence-corrected chi connectivity index (χ1v) is 6.76. The minimum Gasteiger partial charge on any atom is -0.369 e. The predicted octanol–water partition coefficient (Wildman–Crippen LogP) is 4.44. The van der Waals surface area contributed by atoms with Gasteiger partial charge in [0.25, 0.3) is 0 Å². The molecule has 1 heterocycles. The van der Waals surface area contributed by atoms with E-state index in [2.05, 4.69) is 21.7 Å². The van der Waals surface area contributed by atoms with Gasteiger partial charge in [-0.3, -0.25) is 0 Å². The van der Waals surface area contributed by atoms with Crippen molar-refractivity contribution in [3.63, 3.8) is 0 Å². The molecule has 0 atom stereocenters. The van der Waals surface area contributed by atoms with Gasteiger partial charge in [0.2, 0.25) is 0 Å². The summed E-state index contributed by atoms with van der Waals surface area (Å²) in [5.74, 6) is 1.06. The van der Waals surface area contributed by atoms with Gasteiger partial charge >= 0.3 is 0 Å². The second kappa shape index (κ2) is 6.47. The molecule has 1 aromatic carbocycles. The highest BCUT2D eigenvalue weighted by molar-refractivity contribution is 6.37. The maximum atomic E-state index is 8.89. The zero-order chi connectivity index (χ0) is 14.5. The van der Waals surface area contributed by atoms with E-state index in [1.165, 1.54) is 0 Å². The van der Waals surface area contributed by atoms with Crippen LogP contribution in [0.15, 0.2) is 30.3 Å². The first kappa shape index (κ1) is 14.4. The van der Waals surface area contributed by atoms with Crippen LogP contribution in [0, 0.1) is 11.3 Å². The van der Waals surface area contributed by atoms with Crippen molar-refractivity contribution in [1.82, 2.24) is 4.98 Å². The van der Waals surface area contributed by atoms with Crippen molar-refractivity contribution in [3.8, 4) is 6.07 Å². The molecular weight excluding hydrogens is 295 g/mol. The molecule has 0 saturated carbocycles. The van der Waals surface area contributed by atoms with Crippen LogP contribution in [0.2, 0.25) is 10.0 Å². The van der Waals surface area contributed by atoms with Crippen molar-refractivity contribution in [2.45, 2.75) is 6.92 Å². The van der Waals surface area contributed by atoms with Crippen LogP contribution in [0.5, 0.6) is 0 Å². The Bertz CT molecular complexity index is 665. The fraction of sp³-hybridized carbons (Fsp3) is 0.143. The average molecular weight is 307 g/mol. The van der Waals surface area contributed by atoms with Crippen LogP contribution in [0.25, 0.3) is 0 Å². The van der Waals surface area contributed by atoms with Crippen LogP contribution in [0.3, 0.4) is 0 Å². The summed E-state index contributed by atoms with van der Waals surface area (Å²) in [4.78, 5) is 4.34. The van der Waals surface area contributed by atoms with Gasteiger partial charge in [0, 0.05) is 12.2 Å². The van der Waals surface area contributed by atoms with Gasteiger partial charge in [-0.25, -0.2) is 4.98 Å². The molecule has 0 bridgehead atoms. The summed E-state index contributed by atoms with van der Waals surface area (Å²) in [6.07, 6.45) is 0. The molecule has 0 radical (unpaired) electrons. The van der Waals surface area contributed by atoms with E-state index < -0.39 is 0 Å². The zero-order valence-electron chi connectivity index (χ0n) is 10.7. The lowest BCUT2D eigenvalue weighted by Crippen LogP contribution is -2.03. The van der Waals surface area contributed by atoms with Crippen LogP contribution in [0.4, 0.5) is 17.3 Å². The van der Waals surface area contributed by atoms with E-state index in [4.69, 9.17) is 28.5 Å². The highest BCUT2D eigenvalue weighted by Crippen LogP contribution is 2.31. The molecule has 0 aliphatic carbocycles. The Morgan fingerprint density at radius 2 is 1.95 bits per heavy atom. The Hall–Kier alpha value is -1.96. The molecule has 0 amide bonds. The number of benzene rings is 1. The SMILES string of the molecule is CCNc1nc(Nc2cccc(C#N)c2)c(Cl)cc1Cl. The smallest absolute Gasteiger partial charge is 0.151 e. The molecule has 20 heavy (non-hydrogen) atoms. The molecule has 0 aliphatic heterocycles. The normalized spacial score (nSPS) is 9.90. The lowest BCUT2D eigenvalue weighted by Gasteiger charge is -2.11. The fourth-order valence-electron chi connectivity index (χ4n) is 1.65. The van der Waals surface area contributed by atoms with Crippen LogP contribution < -0.4 is 10.6 Å². The quantitative estimate of drug-likeness (QED) is 0.877. The zero-order valence-corrected chi connectivity index (χ0v) is 12.3. The van der Waals surface area contributed by atoms with Gasteiger partial charge < -0.3 is 10.6 Å². The largest absolute Gasteiger partial charge is 0.369 e. The van der Waals surface area contributed by atoms with Crippen molar-refractivity contribution in [2.24, 2.45) is 0 Å². The van der Waals surface area contributed by atoms with Gasteiger partial charge in [-0.05, 0) is 31.2 Å². The van der Waals surface area contributed by atoms with Gasteiger partial charge in [-0.1, -0.05) is 29.3 Å². The number of anilines is 3. The number of pyridine rings is 1. The van der Waals surface area contributed by atoms with Crippen LogP contribution >= 0.6 is 23.2 Å². The molecule has 0 spiro atoms. The molecule has 2 aromatic rings. The molecule has 0 aliphatic rings. The Kier molecular flexibility index (Phi) is 4.67. The summed E-state index contributed by atoms with van der Waals surface area (Å²) < 4.78 is 0. The van der Waals surface area contributed by atoms with E-state index in [0.29, 0.717) is 33.8 Å². The molecule has 4 nitrogen and oxygen atoms in total. The van der Waals surface area contributed by atoms with Crippen LogP contribution in [0.1, 0.15) is 12.5 Å². The summed E-state index contributed by atoms with van der Waals surface area (Å²) >= 11 is 12.2. The summed E-state index contributed by atoms with van der Waals surface area (Å²) in [7, 11) is 0. The number of nitriles is 1. The van der Waals surface area contributed by atoms with E-state index in [0.717, 1.165) is 5.69 Å². The van der Waals surface area contributed by atoms with Crippen molar-refractivity contribution in [2.75, 3.05) is 17.2 Å². The number of aromatic nitrogens is 1. The lowest BCUT2D eigenvalue weighted by molar-refractivity contribution is 1.16. The number of hydrogen-bond acceptors (Lipinski definition) is 4. The fourth-order valence-corrected chi connectivity index (χ4v) is 2.12. The maximum absolute atomic E-state index is 8.89. The van der Waals surface area contributed by atoms with E-state index in [-0.39, 0.29) is 0 Å². The molecule has 0 saturated heterocycles. The second-order valence-electron chi connectivity index (χ2n) is 4.00. The molecule has 2 N–H and O–H groups in total. The Morgan fingerprint density at radius 1 is 1.20 bits per heavy atom. The van der Waals surface area contributed by atoms with Gasteiger partial charge in [0.15, 0.2) is 5.82 Å². The third-order valence-corrected chi connectivity index (χ3v) is 3.10. The summed E-state index contributed by atoms with van der Waals surface area (Å²) in [5, 5.41) is 15.9. The highest BCUT2D eigenvalue weighted by Gasteiger charge is 2.09. The Labute approximate surface area is 127 Å². The van der Waals surface area contributed by atoms with Crippen molar-refractivity contribution in [3.05, 3.63) is 45.9 Å². The predicted molar refractivity (Wildman–Crippen MR) is 82.9 cm³/mol. The first-order valence-electron chi connectivity index (χ1n) is 6.01. The third kappa shape index (κ3) is 3.32. The van der Waals surface area contributed by atoms with Crippen molar-refractivity contribution >= 4 is 40.5 Å². The molecular formula is C14H12Cl2N4. The van der Waals surface area contributed by atoms with E-state index in [1.54, 1.807) is 24.3 Å². The number of hydrogen-bond donors (Lipinski definition) is 2.